The van der Waals surface area contributed by atoms with Crippen LogP contribution in [0.5, 0.6) is 0 Å². The fourth-order valence-electron chi connectivity index (χ4n) is 2.95. The minimum absolute atomic E-state index is 0.630. The molecule has 1 heterocycles. The Morgan fingerprint density at radius 2 is 2.05 bits per heavy atom. The first kappa shape index (κ1) is 16.3. The van der Waals surface area contributed by atoms with E-state index in [1.165, 1.54) is 16.8 Å². The van der Waals surface area contributed by atoms with Gasteiger partial charge in [0, 0.05) is 37.9 Å². The molecule has 1 aliphatic rings. The predicted molar refractivity (Wildman–Crippen MR) is 92.0 cm³/mol. The highest BCUT2D eigenvalue weighted by Crippen LogP contribution is 2.24. The van der Waals surface area contributed by atoms with Crippen molar-refractivity contribution in [2.45, 2.75) is 40.3 Å². The van der Waals surface area contributed by atoms with Gasteiger partial charge < -0.3 is 15.1 Å². The molecule has 0 amide bonds. The number of benzene rings is 1. The molecule has 3 heteroatoms. The molecule has 1 aliphatic heterocycles. The third kappa shape index (κ3) is 4.45. The predicted octanol–water partition coefficient (Wildman–Crippen LogP) is 2.88. The maximum Gasteiger partial charge on any atom is 0.0397 e. The van der Waals surface area contributed by atoms with E-state index in [0.29, 0.717) is 12.0 Å². The molecular weight excluding hydrogens is 258 g/mol. The van der Waals surface area contributed by atoms with E-state index in [-0.39, 0.29) is 0 Å². The van der Waals surface area contributed by atoms with E-state index >= 15 is 0 Å². The summed E-state index contributed by atoms with van der Waals surface area (Å²) in [5.74, 6) is 0.706. The van der Waals surface area contributed by atoms with Crippen LogP contribution in [0.3, 0.4) is 0 Å². The molecule has 1 unspecified atom stereocenters. The van der Waals surface area contributed by atoms with Crippen molar-refractivity contribution in [2.24, 2.45) is 5.92 Å². The van der Waals surface area contributed by atoms with E-state index < -0.39 is 0 Å². The molecule has 1 saturated heterocycles. The average molecular weight is 289 g/mol. The number of aryl methyl sites for hydroxylation is 1. The first-order chi connectivity index (χ1) is 9.97. The molecule has 21 heavy (non-hydrogen) atoms. The number of likely N-dealkylation sites (N-methyl/N-ethyl adjacent to an activating group) is 1. The van der Waals surface area contributed by atoms with Crippen LogP contribution in [0, 0.1) is 12.8 Å². The van der Waals surface area contributed by atoms with Gasteiger partial charge in [0.25, 0.3) is 0 Å². The summed E-state index contributed by atoms with van der Waals surface area (Å²) in [5.41, 5.74) is 4.19. The number of nitrogens with zero attached hydrogens (tertiary/aromatic N) is 2. The van der Waals surface area contributed by atoms with Crippen LogP contribution in [0.4, 0.5) is 5.69 Å². The molecule has 1 fully saturated rings. The minimum Gasteiger partial charge on any atom is -0.368 e. The molecule has 1 N–H and O–H groups in total. The standard InChI is InChI=1S/C18H31N3/c1-14(2)11-19-12-17-6-7-18(15(3)10-17)21-9-8-20(5)16(4)13-21/h6-7,10,14,16,19H,8-9,11-13H2,1-5H3. The summed E-state index contributed by atoms with van der Waals surface area (Å²) in [6.07, 6.45) is 0. The van der Waals surface area contributed by atoms with Gasteiger partial charge in [-0.1, -0.05) is 26.0 Å². The van der Waals surface area contributed by atoms with Gasteiger partial charge in [0.2, 0.25) is 0 Å². The third-order valence-corrected chi connectivity index (χ3v) is 4.44. The fraction of sp³-hybridized carbons (Fsp3) is 0.667. The number of hydrogen-bond acceptors (Lipinski definition) is 3. The first-order valence-electron chi connectivity index (χ1n) is 8.22. The second-order valence-electron chi connectivity index (χ2n) is 6.92. The van der Waals surface area contributed by atoms with Crippen LogP contribution in [0.15, 0.2) is 18.2 Å². The van der Waals surface area contributed by atoms with Gasteiger partial charge in [0.15, 0.2) is 0 Å². The highest BCUT2D eigenvalue weighted by atomic mass is 15.3. The number of piperazine rings is 1. The van der Waals surface area contributed by atoms with E-state index in [1.54, 1.807) is 0 Å². The normalized spacial score (nSPS) is 20.3. The maximum atomic E-state index is 3.52. The Bertz CT molecular complexity index is 456. The van der Waals surface area contributed by atoms with E-state index in [0.717, 1.165) is 32.7 Å². The molecule has 0 aromatic heterocycles. The van der Waals surface area contributed by atoms with Gasteiger partial charge in [-0.25, -0.2) is 0 Å². The topological polar surface area (TPSA) is 18.5 Å². The molecular formula is C18H31N3. The van der Waals surface area contributed by atoms with Crippen LogP contribution in [0.2, 0.25) is 0 Å². The van der Waals surface area contributed by atoms with Crippen molar-refractivity contribution in [2.75, 3.05) is 38.1 Å². The smallest absolute Gasteiger partial charge is 0.0397 e. The molecule has 0 bridgehead atoms. The summed E-state index contributed by atoms with van der Waals surface area (Å²) in [4.78, 5) is 4.97. The highest BCUT2D eigenvalue weighted by molar-refractivity contribution is 5.55. The van der Waals surface area contributed by atoms with Gasteiger partial charge in [0.05, 0.1) is 0 Å². The zero-order valence-corrected chi connectivity index (χ0v) is 14.3. The Hall–Kier alpha value is -1.06. The second-order valence-corrected chi connectivity index (χ2v) is 6.92. The summed E-state index contributed by atoms with van der Waals surface area (Å²) in [5, 5.41) is 3.52. The fourth-order valence-corrected chi connectivity index (χ4v) is 2.95. The quantitative estimate of drug-likeness (QED) is 0.899. The molecule has 1 aromatic carbocycles. The molecule has 1 atom stereocenters. The first-order valence-corrected chi connectivity index (χ1v) is 8.22. The molecule has 0 aliphatic carbocycles. The summed E-state index contributed by atoms with van der Waals surface area (Å²) >= 11 is 0. The van der Waals surface area contributed by atoms with Crippen molar-refractivity contribution < 1.29 is 0 Å². The van der Waals surface area contributed by atoms with Crippen molar-refractivity contribution in [3.63, 3.8) is 0 Å². The van der Waals surface area contributed by atoms with E-state index in [1.807, 2.05) is 0 Å². The number of hydrogen-bond donors (Lipinski definition) is 1. The Morgan fingerprint density at radius 3 is 2.67 bits per heavy atom. The van der Waals surface area contributed by atoms with Gasteiger partial charge in [-0.05, 0) is 50.6 Å². The number of anilines is 1. The van der Waals surface area contributed by atoms with Crippen LogP contribution >= 0.6 is 0 Å². The van der Waals surface area contributed by atoms with E-state index in [9.17, 15) is 0 Å². The van der Waals surface area contributed by atoms with Crippen LogP contribution in [0.25, 0.3) is 0 Å². The van der Waals surface area contributed by atoms with Gasteiger partial charge in [0.1, 0.15) is 0 Å². The lowest BCUT2D eigenvalue weighted by Gasteiger charge is -2.39. The van der Waals surface area contributed by atoms with E-state index in [4.69, 9.17) is 0 Å². The van der Waals surface area contributed by atoms with Crippen LogP contribution < -0.4 is 10.2 Å². The van der Waals surface area contributed by atoms with Crippen molar-refractivity contribution in [3.05, 3.63) is 29.3 Å². The van der Waals surface area contributed by atoms with E-state index in [2.05, 4.69) is 68.1 Å². The number of nitrogens with one attached hydrogen (secondary N) is 1. The molecule has 0 spiro atoms. The second kappa shape index (κ2) is 7.28. The van der Waals surface area contributed by atoms with Gasteiger partial charge in [-0.2, -0.15) is 0 Å². The summed E-state index contributed by atoms with van der Waals surface area (Å²) < 4.78 is 0. The van der Waals surface area contributed by atoms with Crippen molar-refractivity contribution in [1.29, 1.82) is 0 Å². The Labute approximate surface area is 130 Å². The monoisotopic (exact) mass is 289 g/mol. The Balaban J connectivity index is 1.99. The molecule has 3 nitrogen and oxygen atoms in total. The molecule has 0 saturated carbocycles. The van der Waals surface area contributed by atoms with Crippen LogP contribution in [0.1, 0.15) is 31.9 Å². The summed E-state index contributed by atoms with van der Waals surface area (Å²) in [7, 11) is 2.22. The number of rotatable bonds is 5. The maximum absolute atomic E-state index is 3.52. The largest absolute Gasteiger partial charge is 0.368 e. The van der Waals surface area contributed by atoms with Crippen molar-refractivity contribution in [3.8, 4) is 0 Å². The molecule has 0 radical (unpaired) electrons. The third-order valence-electron chi connectivity index (χ3n) is 4.44. The highest BCUT2D eigenvalue weighted by Gasteiger charge is 2.21. The molecule has 2 rings (SSSR count). The average Bonchev–Trinajstić information content (AvgIpc) is 2.42. The Morgan fingerprint density at radius 1 is 1.29 bits per heavy atom. The van der Waals surface area contributed by atoms with Crippen LogP contribution in [-0.2, 0) is 6.54 Å². The van der Waals surface area contributed by atoms with Gasteiger partial charge >= 0.3 is 0 Å². The molecule has 118 valence electrons. The lowest BCUT2D eigenvalue weighted by atomic mass is 10.1. The summed E-state index contributed by atoms with van der Waals surface area (Å²) in [6, 6.07) is 7.55. The lowest BCUT2D eigenvalue weighted by molar-refractivity contribution is 0.234. The zero-order valence-electron chi connectivity index (χ0n) is 14.3. The SMILES string of the molecule is Cc1cc(CNCC(C)C)ccc1N1CCN(C)C(C)C1. The van der Waals surface area contributed by atoms with Crippen LogP contribution in [-0.4, -0.2) is 44.2 Å². The van der Waals surface area contributed by atoms with Crippen molar-refractivity contribution in [1.82, 2.24) is 10.2 Å². The zero-order chi connectivity index (χ0) is 15.4. The lowest BCUT2D eigenvalue weighted by Crippen LogP contribution is -2.50. The molecule has 1 aromatic rings. The van der Waals surface area contributed by atoms with Crippen molar-refractivity contribution >= 4 is 5.69 Å². The van der Waals surface area contributed by atoms with Gasteiger partial charge in [-0.3, -0.25) is 0 Å². The summed E-state index contributed by atoms with van der Waals surface area (Å²) in [6.45, 7) is 14.5. The minimum atomic E-state index is 0.630. The Kier molecular flexibility index (Phi) is 5.65. The van der Waals surface area contributed by atoms with Gasteiger partial charge in [-0.15, -0.1) is 0 Å².